The molecule has 15 heavy (non-hydrogen) atoms. The maximum atomic E-state index is 13.2. The molecule has 0 unspecified atom stereocenters. The fourth-order valence-corrected chi connectivity index (χ4v) is 1.20. The molecular weight excluding hydrogens is 204 g/mol. The Labute approximate surface area is 85.8 Å². The van der Waals surface area contributed by atoms with Crippen molar-refractivity contribution in [2.75, 3.05) is 14.2 Å². The van der Waals surface area contributed by atoms with Crippen LogP contribution in [0.25, 0.3) is 0 Å². The van der Waals surface area contributed by atoms with Gasteiger partial charge < -0.3 is 9.47 Å². The Morgan fingerprint density at radius 2 is 1.67 bits per heavy atom. The average Bonchev–Trinajstić information content (AvgIpc) is 2.19. The molecule has 0 spiro atoms. The van der Waals surface area contributed by atoms with Crippen LogP contribution in [0.15, 0.2) is 12.1 Å². The Morgan fingerprint density at radius 3 is 2.00 bits per heavy atom. The number of methoxy groups -OCH3 is 2. The standard InChI is InChI=1S/C10H9F2NO2/c1-14-10(15-2)6-3-8(11)7(5-13)9(12)4-6/h3-4,10H,1-2H3. The lowest BCUT2D eigenvalue weighted by atomic mass is 10.1. The van der Waals surface area contributed by atoms with Gasteiger partial charge in [-0.3, -0.25) is 0 Å². The van der Waals surface area contributed by atoms with Gasteiger partial charge in [0, 0.05) is 19.8 Å². The molecule has 0 radical (unpaired) electrons. The van der Waals surface area contributed by atoms with Gasteiger partial charge in [-0.15, -0.1) is 0 Å². The topological polar surface area (TPSA) is 42.2 Å². The predicted octanol–water partition coefficient (Wildman–Crippen LogP) is 2.13. The van der Waals surface area contributed by atoms with E-state index in [1.54, 1.807) is 0 Å². The van der Waals surface area contributed by atoms with Crippen LogP contribution < -0.4 is 0 Å². The van der Waals surface area contributed by atoms with Crippen molar-refractivity contribution in [3.8, 4) is 6.07 Å². The second-order valence-corrected chi connectivity index (χ2v) is 2.77. The van der Waals surface area contributed by atoms with Crippen LogP contribution >= 0.6 is 0 Å². The van der Waals surface area contributed by atoms with Gasteiger partial charge in [-0.05, 0) is 12.1 Å². The van der Waals surface area contributed by atoms with Crippen molar-refractivity contribution < 1.29 is 18.3 Å². The SMILES string of the molecule is COC(OC)c1cc(F)c(C#N)c(F)c1. The summed E-state index contributed by atoms with van der Waals surface area (Å²) in [5.41, 5.74) is -0.418. The lowest BCUT2D eigenvalue weighted by Gasteiger charge is -2.13. The van der Waals surface area contributed by atoms with Gasteiger partial charge in [-0.25, -0.2) is 8.78 Å². The Kier molecular flexibility index (Phi) is 3.72. The van der Waals surface area contributed by atoms with Gasteiger partial charge in [-0.1, -0.05) is 0 Å². The second-order valence-electron chi connectivity index (χ2n) is 2.77. The lowest BCUT2D eigenvalue weighted by molar-refractivity contribution is -0.106. The molecule has 0 atom stereocenters. The maximum Gasteiger partial charge on any atom is 0.183 e. The Hall–Kier alpha value is -1.51. The predicted molar refractivity (Wildman–Crippen MR) is 47.8 cm³/mol. The lowest BCUT2D eigenvalue weighted by Crippen LogP contribution is -2.05. The van der Waals surface area contributed by atoms with Crippen molar-refractivity contribution in [2.45, 2.75) is 6.29 Å². The van der Waals surface area contributed by atoms with E-state index in [1.165, 1.54) is 20.3 Å². The van der Waals surface area contributed by atoms with Crippen LogP contribution in [-0.4, -0.2) is 14.2 Å². The van der Waals surface area contributed by atoms with Gasteiger partial charge in [0.05, 0.1) is 0 Å². The van der Waals surface area contributed by atoms with Crippen LogP contribution in [-0.2, 0) is 9.47 Å². The number of rotatable bonds is 3. The van der Waals surface area contributed by atoms with Crippen LogP contribution in [0.1, 0.15) is 17.4 Å². The third kappa shape index (κ3) is 2.29. The van der Waals surface area contributed by atoms with E-state index in [0.717, 1.165) is 12.1 Å². The highest BCUT2D eigenvalue weighted by molar-refractivity contribution is 5.35. The molecule has 0 amide bonds. The third-order valence-electron chi connectivity index (χ3n) is 1.88. The largest absolute Gasteiger partial charge is 0.352 e. The highest BCUT2D eigenvalue weighted by atomic mass is 19.1. The van der Waals surface area contributed by atoms with Gasteiger partial charge in [0.15, 0.2) is 6.29 Å². The zero-order valence-corrected chi connectivity index (χ0v) is 8.25. The van der Waals surface area contributed by atoms with Crippen molar-refractivity contribution in [2.24, 2.45) is 0 Å². The number of hydrogen-bond acceptors (Lipinski definition) is 3. The molecule has 3 nitrogen and oxygen atoms in total. The van der Waals surface area contributed by atoms with Crippen LogP contribution in [0.4, 0.5) is 8.78 Å². The van der Waals surface area contributed by atoms with Crippen molar-refractivity contribution in [1.29, 1.82) is 5.26 Å². The highest BCUT2D eigenvalue weighted by Gasteiger charge is 2.16. The molecule has 0 bridgehead atoms. The first-order valence-corrected chi connectivity index (χ1v) is 4.08. The van der Waals surface area contributed by atoms with Gasteiger partial charge >= 0.3 is 0 Å². The molecule has 0 fully saturated rings. The first-order chi connectivity index (χ1) is 7.13. The van der Waals surface area contributed by atoms with Gasteiger partial charge in [0.2, 0.25) is 0 Å². The van der Waals surface area contributed by atoms with E-state index in [0.29, 0.717) is 0 Å². The van der Waals surface area contributed by atoms with E-state index in [1.807, 2.05) is 0 Å². The Balaban J connectivity index is 3.20. The molecule has 0 aromatic heterocycles. The van der Waals surface area contributed by atoms with E-state index < -0.39 is 23.5 Å². The van der Waals surface area contributed by atoms with Crippen LogP contribution in [0, 0.1) is 23.0 Å². The van der Waals surface area contributed by atoms with E-state index in [2.05, 4.69) is 0 Å². The number of hydrogen-bond donors (Lipinski definition) is 0. The summed E-state index contributed by atoms with van der Waals surface area (Å²) in [6.45, 7) is 0. The van der Waals surface area contributed by atoms with Gasteiger partial charge in [0.25, 0.3) is 0 Å². The summed E-state index contributed by atoms with van der Waals surface area (Å²) >= 11 is 0. The molecule has 0 heterocycles. The molecule has 0 saturated carbocycles. The highest BCUT2D eigenvalue weighted by Crippen LogP contribution is 2.22. The number of ether oxygens (including phenoxy) is 2. The summed E-state index contributed by atoms with van der Waals surface area (Å²) < 4.78 is 36.0. The molecule has 0 saturated heterocycles. The first-order valence-electron chi connectivity index (χ1n) is 4.08. The molecular formula is C10H9F2NO2. The van der Waals surface area contributed by atoms with E-state index in [4.69, 9.17) is 14.7 Å². The number of nitriles is 1. The van der Waals surface area contributed by atoms with E-state index in [9.17, 15) is 8.78 Å². The summed E-state index contributed by atoms with van der Waals surface area (Å²) in [5, 5.41) is 8.45. The van der Waals surface area contributed by atoms with Crippen molar-refractivity contribution in [1.82, 2.24) is 0 Å². The normalized spacial score (nSPS) is 10.4. The molecule has 0 aliphatic carbocycles. The monoisotopic (exact) mass is 213 g/mol. The molecule has 5 heteroatoms. The molecule has 80 valence electrons. The summed E-state index contributed by atoms with van der Waals surface area (Å²) in [7, 11) is 2.70. The molecule has 0 aliphatic rings. The second kappa shape index (κ2) is 4.82. The van der Waals surface area contributed by atoms with E-state index >= 15 is 0 Å². The molecule has 0 aliphatic heterocycles. The average molecular weight is 213 g/mol. The molecule has 1 rings (SSSR count). The van der Waals surface area contributed by atoms with Crippen LogP contribution in [0.2, 0.25) is 0 Å². The summed E-state index contributed by atoms with van der Waals surface area (Å²) in [6, 6.07) is 3.46. The minimum atomic E-state index is -0.924. The molecule has 1 aromatic rings. The minimum absolute atomic E-state index is 0.189. The summed E-state index contributed by atoms with van der Waals surface area (Å²) in [6.07, 6.45) is -0.846. The van der Waals surface area contributed by atoms with Crippen LogP contribution in [0.5, 0.6) is 0 Å². The Morgan fingerprint density at radius 1 is 1.20 bits per heavy atom. The number of benzene rings is 1. The fraction of sp³-hybridized carbons (Fsp3) is 0.300. The minimum Gasteiger partial charge on any atom is -0.352 e. The van der Waals surface area contributed by atoms with Crippen LogP contribution in [0.3, 0.4) is 0 Å². The fourth-order valence-electron chi connectivity index (χ4n) is 1.20. The third-order valence-corrected chi connectivity index (χ3v) is 1.88. The van der Waals surface area contributed by atoms with E-state index in [-0.39, 0.29) is 5.56 Å². The first kappa shape index (κ1) is 11.6. The Bertz CT molecular complexity index is 374. The zero-order valence-electron chi connectivity index (χ0n) is 8.25. The van der Waals surface area contributed by atoms with Crippen molar-refractivity contribution in [3.05, 3.63) is 34.9 Å². The number of nitrogens with zero attached hydrogens (tertiary/aromatic N) is 1. The van der Waals surface area contributed by atoms with Gasteiger partial charge in [0.1, 0.15) is 23.3 Å². The zero-order chi connectivity index (χ0) is 11.4. The summed E-state index contributed by atoms with van der Waals surface area (Å²) in [5.74, 6) is -1.85. The maximum absolute atomic E-state index is 13.2. The number of halogens is 2. The molecule has 1 aromatic carbocycles. The quantitative estimate of drug-likeness (QED) is 0.722. The van der Waals surface area contributed by atoms with Crippen molar-refractivity contribution >= 4 is 0 Å². The smallest absolute Gasteiger partial charge is 0.183 e. The molecule has 0 N–H and O–H groups in total. The van der Waals surface area contributed by atoms with Gasteiger partial charge in [-0.2, -0.15) is 5.26 Å². The summed E-state index contributed by atoms with van der Waals surface area (Å²) in [4.78, 5) is 0. The van der Waals surface area contributed by atoms with Crippen molar-refractivity contribution in [3.63, 3.8) is 0 Å².